The van der Waals surface area contributed by atoms with Crippen molar-refractivity contribution in [2.24, 2.45) is 0 Å². The molecule has 0 bridgehead atoms. The van der Waals surface area contributed by atoms with Gasteiger partial charge in [0.2, 0.25) is 0 Å². The van der Waals surface area contributed by atoms with E-state index in [-0.39, 0.29) is 0 Å². The highest BCUT2D eigenvalue weighted by Gasteiger charge is 1.81. The average molecular weight is 169 g/mol. The Bertz CT molecular complexity index is 352. The number of hydrogen-bond donors (Lipinski definition) is 0. The average Bonchev–Trinajstić information content (AvgIpc) is 2.19. The van der Waals surface area contributed by atoms with Crippen LogP contribution in [0.4, 0.5) is 0 Å². The fourth-order valence-electron chi connectivity index (χ4n) is 0.905. The van der Waals surface area contributed by atoms with Gasteiger partial charge in [-0.1, -0.05) is 42.5 Å². The maximum Gasteiger partial charge on any atom is 0.0944 e. The fourth-order valence-corrected chi connectivity index (χ4v) is 0.905. The van der Waals surface area contributed by atoms with E-state index < -0.39 is 0 Å². The third-order valence-corrected chi connectivity index (χ3v) is 1.61. The lowest BCUT2D eigenvalue weighted by molar-refractivity contribution is 1.44. The molecule has 0 radical (unpaired) electrons. The third kappa shape index (κ3) is 3.39. The monoisotopic (exact) mass is 169 g/mol. The molecule has 1 rings (SSSR count). The predicted molar refractivity (Wildman–Crippen MR) is 54.8 cm³/mol. The lowest BCUT2D eigenvalue weighted by Crippen LogP contribution is -1.68. The van der Waals surface area contributed by atoms with Crippen molar-refractivity contribution in [2.45, 2.75) is 6.92 Å². The molecule has 1 aromatic carbocycles. The second kappa shape index (κ2) is 4.95. The Balaban J connectivity index is 2.66. The summed E-state index contributed by atoms with van der Waals surface area (Å²) in [6, 6.07) is 12.1. The van der Waals surface area contributed by atoms with Crippen LogP contribution in [0.2, 0.25) is 0 Å². The highest BCUT2D eigenvalue weighted by Crippen LogP contribution is 2.01. The smallest absolute Gasteiger partial charge is 0.0944 e. The Morgan fingerprint density at radius 1 is 1.31 bits per heavy atom. The summed E-state index contributed by atoms with van der Waals surface area (Å²) in [7, 11) is 0. The van der Waals surface area contributed by atoms with E-state index in [1.54, 1.807) is 13.0 Å². The molecule has 13 heavy (non-hydrogen) atoms. The maximum absolute atomic E-state index is 8.48. The molecular formula is C12H11N. The molecular weight excluding hydrogens is 158 g/mol. The Labute approximate surface area is 78.6 Å². The SMILES string of the molecule is C/C(C#N)=C/C=C/c1ccccc1. The second-order valence-electron chi connectivity index (χ2n) is 2.73. The number of allylic oxidation sites excluding steroid dienone is 3. The van der Waals surface area contributed by atoms with Gasteiger partial charge in [0.15, 0.2) is 0 Å². The molecule has 0 atom stereocenters. The van der Waals surface area contributed by atoms with Crippen LogP contribution in [0.1, 0.15) is 12.5 Å². The fraction of sp³-hybridized carbons (Fsp3) is 0.0833. The quantitative estimate of drug-likeness (QED) is 0.492. The molecule has 0 saturated heterocycles. The van der Waals surface area contributed by atoms with E-state index in [2.05, 4.69) is 6.07 Å². The van der Waals surface area contributed by atoms with Crippen LogP contribution in [-0.2, 0) is 0 Å². The summed E-state index contributed by atoms with van der Waals surface area (Å²) in [5, 5.41) is 8.48. The van der Waals surface area contributed by atoms with Crippen molar-refractivity contribution in [3.8, 4) is 6.07 Å². The van der Waals surface area contributed by atoms with Crippen LogP contribution in [0.15, 0.2) is 48.1 Å². The Morgan fingerprint density at radius 2 is 2.00 bits per heavy atom. The Morgan fingerprint density at radius 3 is 2.62 bits per heavy atom. The number of nitriles is 1. The van der Waals surface area contributed by atoms with E-state index in [1.807, 2.05) is 42.5 Å². The molecule has 1 nitrogen and oxygen atoms in total. The number of hydrogen-bond acceptors (Lipinski definition) is 1. The van der Waals surface area contributed by atoms with Crippen LogP contribution in [0.25, 0.3) is 6.08 Å². The minimum Gasteiger partial charge on any atom is -0.193 e. The van der Waals surface area contributed by atoms with Crippen LogP contribution >= 0.6 is 0 Å². The van der Waals surface area contributed by atoms with Gasteiger partial charge < -0.3 is 0 Å². The zero-order valence-corrected chi connectivity index (χ0v) is 7.57. The second-order valence-corrected chi connectivity index (χ2v) is 2.73. The summed E-state index contributed by atoms with van der Waals surface area (Å²) in [5.74, 6) is 0. The zero-order chi connectivity index (χ0) is 9.52. The van der Waals surface area contributed by atoms with Crippen LogP contribution in [-0.4, -0.2) is 0 Å². The van der Waals surface area contributed by atoms with Gasteiger partial charge in [0.1, 0.15) is 0 Å². The van der Waals surface area contributed by atoms with Gasteiger partial charge in [0.25, 0.3) is 0 Å². The van der Waals surface area contributed by atoms with Gasteiger partial charge >= 0.3 is 0 Å². The lowest BCUT2D eigenvalue weighted by atomic mass is 10.2. The minimum absolute atomic E-state index is 0.715. The van der Waals surface area contributed by atoms with Gasteiger partial charge in [-0.15, -0.1) is 0 Å². The summed E-state index contributed by atoms with van der Waals surface area (Å²) < 4.78 is 0. The molecule has 64 valence electrons. The Hall–Kier alpha value is -1.81. The summed E-state index contributed by atoms with van der Waals surface area (Å²) >= 11 is 0. The summed E-state index contributed by atoms with van der Waals surface area (Å²) in [6.07, 6.45) is 5.65. The van der Waals surface area contributed by atoms with Crippen molar-refractivity contribution in [3.63, 3.8) is 0 Å². The summed E-state index contributed by atoms with van der Waals surface area (Å²) in [4.78, 5) is 0. The highest BCUT2D eigenvalue weighted by molar-refractivity contribution is 5.51. The van der Waals surface area contributed by atoms with Crippen molar-refractivity contribution in [3.05, 3.63) is 53.6 Å². The predicted octanol–water partition coefficient (Wildman–Crippen LogP) is 3.17. The number of benzene rings is 1. The van der Waals surface area contributed by atoms with Gasteiger partial charge in [-0.2, -0.15) is 5.26 Å². The van der Waals surface area contributed by atoms with Crippen molar-refractivity contribution in [1.29, 1.82) is 5.26 Å². The first-order valence-corrected chi connectivity index (χ1v) is 4.13. The molecule has 0 aromatic heterocycles. The zero-order valence-electron chi connectivity index (χ0n) is 7.57. The van der Waals surface area contributed by atoms with Crippen molar-refractivity contribution in [1.82, 2.24) is 0 Å². The Kier molecular flexibility index (Phi) is 3.53. The standard InChI is InChI=1S/C12H11N/c1-11(10-13)6-5-9-12-7-3-2-4-8-12/h2-9H,1H3/b9-5+,11-6-. The van der Waals surface area contributed by atoms with Gasteiger partial charge in [0, 0.05) is 5.57 Å². The van der Waals surface area contributed by atoms with Gasteiger partial charge in [-0.3, -0.25) is 0 Å². The lowest BCUT2D eigenvalue weighted by Gasteiger charge is -1.88. The molecule has 0 heterocycles. The topological polar surface area (TPSA) is 23.8 Å². The molecule has 1 heteroatoms. The van der Waals surface area contributed by atoms with Crippen molar-refractivity contribution in [2.75, 3.05) is 0 Å². The third-order valence-electron chi connectivity index (χ3n) is 1.61. The van der Waals surface area contributed by atoms with Crippen LogP contribution < -0.4 is 0 Å². The number of rotatable bonds is 2. The van der Waals surface area contributed by atoms with E-state index >= 15 is 0 Å². The van der Waals surface area contributed by atoms with Gasteiger partial charge in [-0.05, 0) is 18.6 Å². The van der Waals surface area contributed by atoms with E-state index in [4.69, 9.17) is 5.26 Å². The number of nitrogens with zero attached hydrogens (tertiary/aromatic N) is 1. The molecule has 0 fully saturated rings. The van der Waals surface area contributed by atoms with Crippen LogP contribution in [0.5, 0.6) is 0 Å². The van der Waals surface area contributed by atoms with Crippen LogP contribution in [0.3, 0.4) is 0 Å². The normalized spacial score (nSPS) is 11.5. The molecule has 0 amide bonds. The molecule has 0 aliphatic carbocycles. The molecule has 0 aliphatic rings. The molecule has 0 spiro atoms. The largest absolute Gasteiger partial charge is 0.193 e. The van der Waals surface area contributed by atoms with E-state index in [1.165, 1.54) is 0 Å². The van der Waals surface area contributed by atoms with E-state index in [0.29, 0.717) is 5.57 Å². The summed E-state index contributed by atoms with van der Waals surface area (Å²) in [6.45, 7) is 1.79. The highest BCUT2D eigenvalue weighted by atomic mass is 14.2. The first kappa shape index (κ1) is 9.28. The first-order chi connectivity index (χ1) is 6.33. The maximum atomic E-state index is 8.48. The molecule has 1 aromatic rings. The minimum atomic E-state index is 0.715. The van der Waals surface area contributed by atoms with Gasteiger partial charge in [-0.25, -0.2) is 0 Å². The molecule has 0 aliphatic heterocycles. The summed E-state index contributed by atoms with van der Waals surface area (Å²) in [5.41, 5.74) is 1.86. The van der Waals surface area contributed by atoms with Crippen molar-refractivity contribution < 1.29 is 0 Å². The first-order valence-electron chi connectivity index (χ1n) is 4.13. The molecule has 0 saturated carbocycles. The van der Waals surface area contributed by atoms with Crippen LogP contribution in [0, 0.1) is 11.3 Å². The van der Waals surface area contributed by atoms with E-state index in [9.17, 15) is 0 Å². The van der Waals surface area contributed by atoms with E-state index in [0.717, 1.165) is 5.56 Å². The molecule has 0 unspecified atom stereocenters. The van der Waals surface area contributed by atoms with Gasteiger partial charge in [0.05, 0.1) is 6.07 Å². The molecule has 0 N–H and O–H groups in total. The van der Waals surface area contributed by atoms with Crippen molar-refractivity contribution >= 4 is 6.08 Å².